The second-order valence-electron chi connectivity index (χ2n) is 5.72. The summed E-state index contributed by atoms with van der Waals surface area (Å²) in [5.41, 5.74) is 1.02. The summed E-state index contributed by atoms with van der Waals surface area (Å²) < 4.78 is 1.96. The molecule has 0 amide bonds. The number of aromatic nitrogens is 2. The number of rotatable bonds is 4. The molecule has 1 saturated carbocycles. The van der Waals surface area contributed by atoms with Crippen molar-refractivity contribution in [3.8, 4) is 0 Å². The van der Waals surface area contributed by atoms with E-state index in [1.807, 2.05) is 16.9 Å². The quantitative estimate of drug-likeness (QED) is 0.873. The van der Waals surface area contributed by atoms with Gasteiger partial charge in [-0.15, -0.1) is 0 Å². The van der Waals surface area contributed by atoms with E-state index in [0.29, 0.717) is 24.3 Å². The van der Waals surface area contributed by atoms with Gasteiger partial charge < -0.3 is 5.11 Å². The van der Waals surface area contributed by atoms with Gasteiger partial charge in [0, 0.05) is 18.7 Å². The van der Waals surface area contributed by atoms with E-state index in [1.54, 1.807) is 0 Å². The molecule has 1 heterocycles. The zero-order valence-corrected chi connectivity index (χ0v) is 11.1. The highest BCUT2D eigenvalue weighted by atomic mass is 16.3. The Balaban J connectivity index is 1.95. The molecule has 1 N–H and O–H groups in total. The molecule has 0 aliphatic heterocycles. The third-order valence-corrected chi connectivity index (χ3v) is 4.03. The molecule has 0 bridgehead atoms. The fourth-order valence-corrected chi connectivity index (χ4v) is 2.89. The van der Waals surface area contributed by atoms with Gasteiger partial charge >= 0.3 is 0 Å². The molecule has 17 heavy (non-hydrogen) atoms. The molecule has 0 saturated heterocycles. The van der Waals surface area contributed by atoms with Crippen LogP contribution in [0.1, 0.15) is 51.8 Å². The Morgan fingerprint density at radius 2 is 2.24 bits per heavy atom. The molecule has 3 nitrogen and oxygen atoms in total. The molecule has 2 rings (SSSR count). The van der Waals surface area contributed by atoms with Gasteiger partial charge in [-0.3, -0.25) is 4.68 Å². The molecule has 96 valence electrons. The predicted octanol–water partition coefficient (Wildman–Crippen LogP) is 2.80. The zero-order valence-electron chi connectivity index (χ0n) is 11.1. The van der Waals surface area contributed by atoms with Gasteiger partial charge in [-0.05, 0) is 38.2 Å². The van der Waals surface area contributed by atoms with Crippen molar-refractivity contribution in [1.82, 2.24) is 9.78 Å². The van der Waals surface area contributed by atoms with Crippen molar-refractivity contribution < 1.29 is 5.11 Å². The standard InChI is InChI=1S/C14H24N2O/c1-10(2)16-8-7-12(15-16)9-14(17)13-6-4-5-11(13)3/h7-8,10-11,13-14,17H,4-6,9H2,1-3H3. The second-order valence-corrected chi connectivity index (χ2v) is 5.72. The minimum atomic E-state index is -0.219. The third kappa shape index (κ3) is 2.89. The van der Waals surface area contributed by atoms with Gasteiger partial charge in [0.2, 0.25) is 0 Å². The van der Waals surface area contributed by atoms with Crippen molar-refractivity contribution in [3.63, 3.8) is 0 Å². The fraction of sp³-hybridized carbons (Fsp3) is 0.786. The zero-order chi connectivity index (χ0) is 12.4. The molecule has 1 fully saturated rings. The first kappa shape index (κ1) is 12.6. The fourth-order valence-electron chi connectivity index (χ4n) is 2.89. The average molecular weight is 236 g/mol. The molecule has 1 aromatic rings. The Morgan fingerprint density at radius 3 is 2.76 bits per heavy atom. The number of aliphatic hydroxyl groups excluding tert-OH is 1. The summed E-state index contributed by atoms with van der Waals surface area (Å²) >= 11 is 0. The van der Waals surface area contributed by atoms with E-state index in [-0.39, 0.29) is 6.10 Å². The Morgan fingerprint density at radius 1 is 1.47 bits per heavy atom. The van der Waals surface area contributed by atoms with Crippen molar-refractivity contribution in [2.75, 3.05) is 0 Å². The van der Waals surface area contributed by atoms with Crippen LogP contribution >= 0.6 is 0 Å². The van der Waals surface area contributed by atoms with Gasteiger partial charge in [-0.1, -0.05) is 19.8 Å². The molecule has 1 aliphatic carbocycles. The first-order chi connectivity index (χ1) is 8.08. The average Bonchev–Trinajstić information content (AvgIpc) is 2.86. The number of aliphatic hydroxyl groups is 1. The van der Waals surface area contributed by atoms with Crippen molar-refractivity contribution in [1.29, 1.82) is 0 Å². The topological polar surface area (TPSA) is 38.0 Å². The minimum absolute atomic E-state index is 0.219. The second kappa shape index (κ2) is 5.21. The summed E-state index contributed by atoms with van der Waals surface area (Å²) in [5.74, 6) is 1.14. The summed E-state index contributed by atoms with van der Waals surface area (Å²) in [6.45, 7) is 6.49. The van der Waals surface area contributed by atoms with E-state index in [9.17, 15) is 5.11 Å². The molecule has 0 radical (unpaired) electrons. The van der Waals surface area contributed by atoms with Crippen molar-refractivity contribution in [2.45, 2.75) is 58.6 Å². The van der Waals surface area contributed by atoms with Crippen LogP contribution in [0.25, 0.3) is 0 Å². The first-order valence-corrected chi connectivity index (χ1v) is 6.80. The molecule has 1 aliphatic rings. The van der Waals surface area contributed by atoms with Crippen molar-refractivity contribution >= 4 is 0 Å². The van der Waals surface area contributed by atoms with Gasteiger partial charge in [-0.25, -0.2) is 0 Å². The lowest BCUT2D eigenvalue weighted by molar-refractivity contribution is 0.0891. The minimum Gasteiger partial charge on any atom is -0.392 e. The Labute approximate surface area is 104 Å². The summed E-state index contributed by atoms with van der Waals surface area (Å²) in [6.07, 6.45) is 6.20. The SMILES string of the molecule is CC1CCCC1C(O)Cc1ccn(C(C)C)n1. The maximum atomic E-state index is 10.3. The van der Waals surface area contributed by atoms with Crippen LogP contribution in [0.2, 0.25) is 0 Å². The predicted molar refractivity (Wildman–Crippen MR) is 68.8 cm³/mol. The van der Waals surface area contributed by atoms with E-state index in [0.717, 1.165) is 5.69 Å². The van der Waals surface area contributed by atoms with Gasteiger partial charge in [0.05, 0.1) is 11.8 Å². The number of hydrogen-bond acceptors (Lipinski definition) is 2. The largest absolute Gasteiger partial charge is 0.392 e. The molecular weight excluding hydrogens is 212 g/mol. The lowest BCUT2D eigenvalue weighted by Crippen LogP contribution is -2.25. The van der Waals surface area contributed by atoms with Crippen molar-refractivity contribution in [2.24, 2.45) is 11.8 Å². The number of nitrogens with zero attached hydrogens (tertiary/aromatic N) is 2. The molecule has 1 aromatic heterocycles. The maximum Gasteiger partial charge on any atom is 0.0650 e. The lowest BCUT2D eigenvalue weighted by Gasteiger charge is -2.21. The van der Waals surface area contributed by atoms with E-state index < -0.39 is 0 Å². The van der Waals surface area contributed by atoms with Crippen LogP contribution in [0.4, 0.5) is 0 Å². The van der Waals surface area contributed by atoms with E-state index in [1.165, 1.54) is 19.3 Å². The maximum absolute atomic E-state index is 10.3. The summed E-state index contributed by atoms with van der Waals surface area (Å²) in [4.78, 5) is 0. The highest BCUT2D eigenvalue weighted by molar-refractivity contribution is 5.02. The Hall–Kier alpha value is -0.830. The van der Waals surface area contributed by atoms with E-state index in [4.69, 9.17) is 0 Å². The normalized spacial score (nSPS) is 26.6. The highest BCUT2D eigenvalue weighted by Crippen LogP contribution is 2.34. The van der Waals surface area contributed by atoms with Crippen LogP contribution < -0.4 is 0 Å². The van der Waals surface area contributed by atoms with Gasteiger partial charge in [0.25, 0.3) is 0 Å². The first-order valence-electron chi connectivity index (χ1n) is 6.80. The molecule has 0 spiro atoms. The van der Waals surface area contributed by atoms with Crippen LogP contribution in [-0.2, 0) is 6.42 Å². The summed E-state index contributed by atoms with van der Waals surface area (Å²) in [5, 5.41) is 14.8. The Kier molecular flexibility index (Phi) is 3.87. The molecular formula is C14H24N2O. The summed E-state index contributed by atoms with van der Waals surface area (Å²) in [6, 6.07) is 2.43. The van der Waals surface area contributed by atoms with Gasteiger partial charge in [0.15, 0.2) is 0 Å². The van der Waals surface area contributed by atoms with E-state index >= 15 is 0 Å². The van der Waals surface area contributed by atoms with Crippen LogP contribution in [0.15, 0.2) is 12.3 Å². The lowest BCUT2D eigenvalue weighted by atomic mass is 9.90. The molecule has 0 aromatic carbocycles. The van der Waals surface area contributed by atoms with Gasteiger partial charge in [0.1, 0.15) is 0 Å². The monoisotopic (exact) mass is 236 g/mol. The highest BCUT2D eigenvalue weighted by Gasteiger charge is 2.30. The summed E-state index contributed by atoms with van der Waals surface area (Å²) in [7, 11) is 0. The smallest absolute Gasteiger partial charge is 0.0650 e. The molecule has 3 atom stereocenters. The van der Waals surface area contributed by atoms with Crippen LogP contribution in [0.5, 0.6) is 0 Å². The van der Waals surface area contributed by atoms with Crippen molar-refractivity contribution in [3.05, 3.63) is 18.0 Å². The van der Waals surface area contributed by atoms with Crippen LogP contribution in [0.3, 0.4) is 0 Å². The molecule has 3 heteroatoms. The number of hydrogen-bond donors (Lipinski definition) is 1. The molecule has 3 unspecified atom stereocenters. The third-order valence-electron chi connectivity index (χ3n) is 4.03. The van der Waals surface area contributed by atoms with Crippen LogP contribution in [0, 0.1) is 11.8 Å². The van der Waals surface area contributed by atoms with Crippen LogP contribution in [-0.4, -0.2) is 21.0 Å². The Bertz CT molecular complexity index is 359. The van der Waals surface area contributed by atoms with Gasteiger partial charge in [-0.2, -0.15) is 5.10 Å². The van der Waals surface area contributed by atoms with E-state index in [2.05, 4.69) is 25.9 Å².